The lowest BCUT2D eigenvalue weighted by Gasteiger charge is -2.49. The normalized spacial score (nSPS) is 46.2. The van der Waals surface area contributed by atoms with Crippen LogP contribution in [0.4, 0.5) is 0 Å². The van der Waals surface area contributed by atoms with E-state index in [1.54, 1.807) is 14.0 Å². The molecule has 3 saturated heterocycles. The van der Waals surface area contributed by atoms with Gasteiger partial charge in [-0.1, -0.05) is 34.6 Å². The molecule has 0 aromatic heterocycles. The molecule has 4 heterocycles. The zero-order valence-electron chi connectivity index (χ0n) is 32.8. The Morgan fingerprint density at radius 3 is 2.22 bits per heavy atom. The van der Waals surface area contributed by atoms with Crippen LogP contribution in [0.1, 0.15) is 102 Å². The van der Waals surface area contributed by atoms with Crippen LogP contribution >= 0.6 is 0 Å². The number of aliphatic hydroxyl groups excluding tert-OH is 2. The monoisotopic (exact) mass is 697 g/mol. The third kappa shape index (κ3) is 7.89. The maximum atomic E-state index is 14.3. The van der Waals surface area contributed by atoms with Crippen molar-refractivity contribution in [3.63, 3.8) is 0 Å². The molecule has 0 radical (unpaired) electrons. The van der Waals surface area contributed by atoms with Crippen molar-refractivity contribution in [2.75, 3.05) is 21.2 Å². The molecule has 0 aromatic rings. The summed E-state index contributed by atoms with van der Waals surface area (Å²) >= 11 is 0. The fraction of sp³-hybridized carbons (Fsp3) is 0.921. The zero-order chi connectivity index (χ0) is 37.0. The molecular weight excluding hydrogens is 630 g/mol. The second kappa shape index (κ2) is 15.0. The first-order chi connectivity index (χ1) is 22.6. The highest BCUT2D eigenvalue weighted by Crippen LogP contribution is 2.49. The molecule has 11 heteroatoms. The van der Waals surface area contributed by atoms with Crippen molar-refractivity contribution in [1.82, 2.24) is 4.90 Å². The van der Waals surface area contributed by atoms with Gasteiger partial charge in [0.25, 0.3) is 0 Å². The van der Waals surface area contributed by atoms with E-state index >= 15 is 0 Å². The van der Waals surface area contributed by atoms with Gasteiger partial charge in [-0.3, -0.25) is 4.79 Å². The summed E-state index contributed by atoms with van der Waals surface area (Å²) in [5.74, 6) is -1.19. The Bertz CT molecular complexity index is 1190. The average molecular weight is 698 g/mol. The van der Waals surface area contributed by atoms with E-state index in [1.807, 2.05) is 81.3 Å². The van der Waals surface area contributed by atoms with Gasteiger partial charge < -0.3 is 48.3 Å². The van der Waals surface area contributed by atoms with Gasteiger partial charge in [0.15, 0.2) is 12.6 Å². The first-order valence-corrected chi connectivity index (χ1v) is 18.4. The number of hydrogen-bond acceptors (Lipinski definition) is 11. The summed E-state index contributed by atoms with van der Waals surface area (Å²) in [7, 11) is 5.60. The lowest BCUT2D eigenvalue weighted by Crippen LogP contribution is -2.59. The molecule has 0 aromatic carbocycles. The number of esters is 1. The van der Waals surface area contributed by atoms with Gasteiger partial charge in [0.05, 0.1) is 41.9 Å². The standard InChI is InChI=1S/C38H67NO10/c1-19-17-38(12)33(48-35-29(41)27(39(13)14)16-20(2)44-35)22(4)31(46-28-18-37(11,43-15)24(6)25(7)45-28)23(5)34(42)47-32(21(3)30(19)49-38)36(9,10)26(8)40/h20-29,31-33,35,40-41H,16-18H2,1-15H3/t20-,21+,22+,23-,24+,25+,26?,27?,28?,29?,31?,32-,33?,35?,37?,38?/m1/s1. The summed E-state index contributed by atoms with van der Waals surface area (Å²) in [5, 5.41) is 22.5. The lowest BCUT2D eigenvalue weighted by atomic mass is 9.74. The highest BCUT2D eigenvalue weighted by molar-refractivity contribution is 5.73. The van der Waals surface area contributed by atoms with E-state index in [0.29, 0.717) is 19.3 Å². The molecule has 2 bridgehead atoms. The topological polar surface area (TPSA) is 125 Å². The fourth-order valence-electron chi connectivity index (χ4n) is 8.70. The van der Waals surface area contributed by atoms with Gasteiger partial charge in [0.2, 0.25) is 0 Å². The molecule has 4 rings (SSSR count). The minimum Gasteiger partial charge on any atom is -0.488 e. The Balaban J connectivity index is 1.82. The minimum atomic E-state index is -0.940. The molecule has 9 unspecified atom stereocenters. The molecule has 284 valence electrons. The van der Waals surface area contributed by atoms with E-state index in [2.05, 4.69) is 13.8 Å². The maximum absolute atomic E-state index is 14.3. The smallest absolute Gasteiger partial charge is 0.311 e. The SMILES string of the molecule is COC1(C)CC(OC2[C@H](C)C(OC3O[C@H](C)CC(N(C)C)C3O)C3(C)CC(C)=C(O3)[C@H](C)[C@H](C(C)(C)C(C)O)OC(=O)[C@@H]2C)O[C@@H](C)[C@@H]1C. The summed E-state index contributed by atoms with van der Waals surface area (Å²) in [6, 6.07) is -0.171. The van der Waals surface area contributed by atoms with Crippen molar-refractivity contribution in [2.24, 2.45) is 29.1 Å². The van der Waals surface area contributed by atoms with Crippen LogP contribution in [0.25, 0.3) is 0 Å². The van der Waals surface area contributed by atoms with Crippen molar-refractivity contribution in [3.8, 4) is 0 Å². The van der Waals surface area contributed by atoms with Crippen LogP contribution in [0.2, 0.25) is 0 Å². The van der Waals surface area contributed by atoms with Crippen LogP contribution < -0.4 is 0 Å². The molecule has 0 saturated carbocycles. The minimum absolute atomic E-state index is 0.112. The highest BCUT2D eigenvalue weighted by atomic mass is 16.7. The summed E-state index contributed by atoms with van der Waals surface area (Å²) in [4.78, 5) is 16.3. The number of rotatable bonds is 8. The molecule has 4 aliphatic heterocycles. The predicted molar refractivity (Wildman–Crippen MR) is 185 cm³/mol. The third-order valence-electron chi connectivity index (χ3n) is 12.7. The number of aliphatic hydroxyl groups is 2. The second-order valence-electron chi connectivity index (χ2n) is 17.0. The van der Waals surface area contributed by atoms with Crippen LogP contribution in [0.5, 0.6) is 0 Å². The van der Waals surface area contributed by atoms with Gasteiger partial charge >= 0.3 is 5.97 Å². The number of carbonyl (C=O) groups excluding carboxylic acids is 1. The van der Waals surface area contributed by atoms with Gasteiger partial charge in [-0.2, -0.15) is 0 Å². The number of nitrogens with zero attached hydrogens (tertiary/aromatic N) is 1. The van der Waals surface area contributed by atoms with Crippen LogP contribution in [0.3, 0.4) is 0 Å². The number of cyclic esters (lactones) is 1. The molecule has 0 aliphatic carbocycles. The van der Waals surface area contributed by atoms with Crippen molar-refractivity contribution >= 4 is 5.97 Å². The summed E-state index contributed by atoms with van der Waals surface area (Å²) < 4.78 is 46.0. The fourth-order valence-corrected chi connectivity index (χ4v) is 8.70. The average Bonchev–Trinajstić information content (AvgIpc) is 3.33. The Hall–Kier alpha value is -1.31. The van der Waals surface area contributed by atoms with E-state index in [4.69, 9.17) is 33.2 Å². The molecule has 2 N–H and O–H groups in total. The molecule has 3 fully saturated rings. The van der Waals surface area contributed by atoms with E-state index in [1.165, 1.54) is 0 Å². The molecule has 4 aliphatic rings. The molecule has 11 nitrogen and oxygen atoms in total. The maximum Gasteiger partial charge on any atom is 0.311 e. The summed E-state index contributed by atoms with van der Waals surface area (Å²) in [6.45, 7) is 23.6. The van der Waals surface area contributed by atoms with Crippen molar-refractivity contribution < 1.29 is 48.2 Å². The number of carbonyl (C=O) groups is 1. The van der Waals surface area contributed by atoms with Gasteiger partial charge in [0, 0.05) is 43.2 Å². The van der Waals surface area contributed by atoms with E-state index in [0.717, 1.165) is 11.3 Å². The number of likely N-dealkylation sites (N-methyl/N-ethyl adjacent to an activating group) is 1. The van der Waals surface area contributed by atoms with Crippen molar-refractivity contribution in [1.29, 1.82) is 0 Å². The largest absolute Gasteiger partial charge is 0.488 e. The molecule has 49 heavy (non-hydrogen) atoms. The number of hydrogen-bond donors (Lipinski definition) is 2. The highest BCUT2D eigenvalue weighted by Gasteiger charge is 2.56. The Morgan fingerprint density at radius 2 is 1.65 bits per heavy atom. The van der Waals surface area contributed by atoms with Gasteiger partial charge in [-0.15, -0.1) is 0 Å². The van der Waals surface area contributed by atoms with Crippen molar-refractivity contribution in [2.45, 2.75) is 175 Å². The van der Waals surface area contributed by atoms with Crippen LogP contribution in [0, 0.1) is 29.1 Å². The number of fused-ring (bicyclic) bond motifs is 2. The Morgan fingerprint density at radius 1 is 1.02 bits per heavy atom. The zero-order valence-corrected chi connectivity index (χ0v) is 32.8. The van der Waals surface area contributed by atoms with Crippen LogP contribution in [-0.2, 0) is 38.0 Å². The lowest BCUT2D eigenvalue weighted by molar-refractivity contribution is -0.312. The molecule has 0 amide bonds. The van der Waals surface area contributed by atoms with Crippen molar-refractivity contribution in [3.05, 3.63) is 11.3 Å². The Labute approximate surface area is 295 Å². The molecule has 16 atom stereocenters. The first kappa shape index (κ1) is 40.5. The summed E-state index contributed by atoms with van der Waals surface area (Å²) in [5.41, 5.74) is -1.20. The molecule has 0 spiro atoms. The van der Waals surface area contributed by atoms with Gasteiger partial charge in [-0.25, -0.2) is 0 Å². The predicted octanol–water partition coefficient (Wildman–Crippen LogP) is 5.05. The first-order valence-electron chi connectivity index (χ1n) is 18.4. The second-order valence-corrected chi connectivity index (χ2v) is 17.0. The van der Waals surface area contributed by atoms with Gasteiger partial charge in [-0.05, 0) is 74.6 Å². The van der Waals surface area contributed by atoms with Crippen LogP contribution in [-0.4, -0.2) is 115 Å². The van der Waals surface area contributed by atoms with E-state index in [-0.39, 0.29) is 30.1 Å². The van der Waals surface area contributed by atoms with Crippen LogP contribution in [0.15, 0.2) is 11.3 Å². The van der Waals surface area contributed by atoms with E-state index in [9.17, 15) is 15.0 Å². The van der Waals surface area contributed by atoms with E-state index < -0.39 is 77.5 Å². The third-order valence-corrected chi connectivity index (χ3v) is 12.7. The number of methoxy groups -OCH3 is 1. The number of ether oxygens (including phenoxy) is 7. The Kier molecular flexibility index (Phi) is 12.4. The van der Waals surface area contributed by atoms with Gasteiger partial charge in [0.1, 0.15) is 29.7 Å². The molecular formula is C38H67NO10. The summed E-state index contributed by atoms with van der Waals surface area (Å²) in [6.07, 6.45) is -4.07. The quantitative estimate of drug-likeness (QED) is 0.331.